The van der Waals surface area contributed by atoms with Gasteiger partial charge in [0.1, 0.15) is 25.3 Å². The Balaban J connectivity index is 1.19. The third-order valence-corrected chi connectivity index (χ3v) is 7.00. The van der Waals surface area contributed by atoms with Gasteiger partial charge < -0.3 is 9.47 Å². The van der Waals surface area contributed by atoms with Gasteiger partial charge in [-0.25, -0.2) is 9.98 Å². The Bertz CT molecular complexity index is 999. The molecule has 2 aromatic rings. The summed E-state index contributed by atoms with van der Waals surface area (Å²) >= 11 is 6.25. The molecular formula is C26H27ClN2O2. The summed E-state index contributed by atoms with van der Waals surface area (Å²) in [6, 6.07) is 13.1. The summed E-state index contributed by atoms with van der Waals surface area (Å²) in [5.74, 6) is 2.81. The van der Waals surface area contributed by atoms with E-state index in [1.807, 2.05) is 6.07 Å². The highest BCUT2D eigenvalue weighted by molar-refractivity contribution is 6.30. The largest absolute Gasteiger partial charge is 0.478 e. The number of aryl methyl sites for hydroxylation is 1. The predicted molar refractivity (Wildman–Crippen MR) is 123 cm³/mol. The van der Waals surface area contributed by atoms with Gasteiger partial charge in [-0.3, -0.25) is 0 Å². The molecule has 6 rings (SSSR count). The molecule has 2 saturated carbocycles. The second-order valence-electron chi connectivity index (χ2n) is 9.33. The maximum absolute atomic E-state index is 6.25. The molecule has 2 aromatic carbocycles. The summed E-state index contributed by atoms with van der Waals surface area (Å²) < 4.78 is 11.9. The lowest BCUT2D eigenvalue weighted by molar-refractivity contribution is 0.299. The van der Waals surface area contributed by atoms with Crippen LogP contribution in [0.1, 0.15) is 83.8 Å². The molecule has 0 spiro atoms. The van der Waals surface area contributed by atoms with Crippen molar-refractivity contribution in [2.45, 2.75) is 62.9 Å². The molecule has 4 aliphatic rings. The lowest BCUT2D eigenvalue weighted by Crippen LogP contribution is -2.08. The van der Waals surface area contributed by atoms with E-state index in [2.05, 4.69) is 37.3 Å². The van der Waals surface area contributed by atoms with E-state index in [1.165, 1.54) is 53.5 Å². The van der Waals surface area contributed by atoms with Crippen LogP contribution in [-0.2, 0) is 9.47 Å². The van der Waals surface area contributed by atoms with Crippen LogP contribution in [0.15, 0.2) is 46.4 Å². The van der Waals surface area contributed by atoms with E-state index < -0.39 is 0 Å². The van der Waals surface area contributed by atoms with Gasteiger partial charge in [0.05, 0.1) is 6.42 Å². The molecule has 2 unspecified atom stereocenters. The number of rotatable bonds is 6. The van der Waals surface area contributed by atoms with Crippen molar-refractivity contribution < 1.29 is 9.47 Å². The maximum Gasteiger partial charge on any atom is 0.193 e. The number of hydrogen-bond donors (Lipinski definition) is 0. The van der Waals surface area contributed by atoms with Crippen molar-refractivity contribution in [1.82, 2.24) is 0 Å². The summed E-state index contributed by atoms with van der Waals surface area (Å²) in [5.41, 5.74) is 6.70. The number of ether oxygens (including phenoxy) is 2. The van der Waals surface area contributed by atoms with Crippen molar-refractivity contribution in [1.29, 1.82) is 0 Å². The van der Waals surface area contributed by atoms with Gasteiger partial charge in [-0.1, -0.05) is 41.4 Å². The summed E-state index contributed by atoms with van der Waals surface area (Å²) in [7, 11) is 0. The lowest BCUT2D eigenvalue weighted by atomic mass is 9.96. The standard InChI is InChI=1S/C26H27ClN2O2/c1-15-2-8-19(21(10-15)16-3-4-16)23-13-30-25(28-23)12-26-29-24(14-31-26)20-9-7-18(27)11-22(20)17-5-6-17/h2,7-11,16-17,23-24H,3-6,12-14H2,1H3. The Labute approximate surface area is 188 Å². The van der Waals surface area contributed by atoms with Gasteiger partial charge in [-0.15, -0.1) is 0 Å². The van der Waals surface area contributed by atoms with Gasteiger partial charge >= 0.3 is 0 Å². The maximum atomic E-state index is 6.25. The van der Waals surface area contributed by atoms with Crippen LogP contribution in [0.5, 0.6) is 0 Å². The fourth-order valence-electron chi connectivity index (χ4n) is 4.83. The van der Waals surface area contributed by atoms with E-state index in [9.17, 15) is 0 Å². The smallest absolute Gasteiger partial charge is 0.193 e. The van der Waals surface area contributed by atoms with Gasteiger partial charge in [-0.2, -0.15) is 0 Å². The molecule has 0 bridgehead atoms. The molecule has 2 aliphatic carbocycles. The van der Waals surface area contributed by atoms with Gasteiger partial charge in [0.25, 0.3) is 0 Å². The van der Waals surface area contributed by atoms with E-state index in [0.717, 1.165) is 16.8 Å². The lowest BCUT2D eigenvalue weighted by Gasteiger charge is -2.12. The molecule has 0 N–H and O–H groups in total. The van der Waals surface area contributed by atoms with E-state index in [1.54, 1.807) is 0 Å². The zero-order chi connectivity index (χ0) is 20.9. The van der Waals surface area contributed by atoms with Gasteiger partial charge in [0.2, 0.25) is 0 Å². The second kappa shape index (κ2) is 7.67. The van der Waals surface area contributed by atoms with Crippen molar-refractivity contribution in [2.24, 2.45) is 9.98 Å². The minimum atomic E-state index is 0.0410. The Morgan fingerprint density at radius 1 is 0.774 bits per heavy atom. The molecule has 0 amide bonds. The summed E-state index contributed by atoms with van der Waals surface area (Å²) in [6.07, 6.45) is 5.60. The molecular weight excluding hydrogens is 408 g/mol. The molecule has 0 aromatic heterocycles. The van der Waals surface area contributed by atoms with Crippen LogP contribution in [0.25, 0.3) is 0 Å². The first kappa shape index (κ1) is 19.4. The van der Waals surface area contributed by atoms with Crippen molar-refractivity contribution in [3.05, 3.63) is 69.2 Å². The first-order valence-electron chi connectivity index (χ1n) is 11.4. The first-order valence-corrected chi connectivity index (χ1v) is 11.8. The molecule has 2 heterocycles. The topological polar surface area (TPSA) is 43.2 Å². The fourth-order valence-corrected chi connectivity index (χ4v) is 5.01. The summed E-state index contributed by atoms with van der Waals surface area (Å²) in [4.78, 5) is 9.78. The van der Waals surface area contributed by atoms with Crippen LogP contribution in [0.3, 0.4) is 0 Å². The fraction of sp³-hybridized carbons (Fsp3) is 0.462. The van der Waals surface area contributed by atoms with Crippen LogP contribution in [0.4, 0.5) is 0 Å². The SMILES string of the molecule is Cc1ccc(C2COC(CC3=NC(c4ccc(Cl)cc4C4CC4)CO3)=N2)c(C2CC2)c1. The van der Waals surface area contributed by atoms with Gasteiger partial charge in [0, 0.05) is 5.02 Å². The highest BCUT2D eigenvalue weighted by Gasteiger charge is 2.33. The van der Waals surface area contributed by atoms with Crippen LogP contribution in [0.2, 0.25) is 5.02 Å². The molecule has 5 heteroatoms. The zero-order valence-corrected chi connectivity index (χ0v) is 18.6. The molecule has 4 nitrogen and oxygen atoms in total. The van der Waals surface area contributed by atoms with E-state index in [-0.39, 0.29) is 12.1 Å². The first-order chi connectivity index (χ1) is 15.1. The number of halogens is 1. The van der Waals surface area contributed by atoms with E-state index in [0.29, 0.717) is 31.5 Å². The molecule has 2 aliphatic heterocycles. The van der Waals surface area contributed by atoms with Crippen LogP contribution in [-0.4, -0.2) is 25.0 Å². The molecule has 2 fully saturated rings. The molecule has 0 radical (unpaired) electrons. The van der Waals surface area contributed by atoms with Crippen LogP contribution < -0.4 is 0 Å². The van der Waals surface area contributed by atoms with Crippen molar-refractivity contribution in [3.63, 3.8) is 0 Å². The third-order valence-electron chi connectivity index (χ3n) is 6.76. The van der Waals surface area contributed by atoms with E-state index >= 15 is 0 Å². The molecule has 2 atom stereocenters. The Morgan fingerprint density at radius 3 is 1.90 bits per heavy atom. The Morgan fingerprint density at radius 2 is 1.32 bits per heavy atom. The summed E-state index contributed by atoms with van der Waals surface area (Å²) in [6.45, 7) is 3.35. The van der Waals surface area contributed by atoms with Gasteiger partial charge in [0.15, 0.2) is 11.8 Å². The van der Waals surface area contributed by atoms with E-state index in [4.69, 9.17) is 31.1 Å². The van der Waals surface area contributed by atoms with Crippen molar-refractivity contribution >= 4 is 23.4 Å². The average Bonchev–Trinajstić information content (AvgIpc) is 3.69. The number of hydrogen-bond acceptors (Lipinski definition) is 4. The quantitative estimate of drug-likeness (QED) is 0.525. The number of aliphatic imine (C=N–C) groups is 2. The molecule has 0 saturated heterocycles. The number of benzene rings is 2. The highest BCUT2D eigenvalue weighted by Crippen LogP contribution is 2.46. The van der Waals surface area contributed by atoms with Crippen LogP contribution >= 0.6 is 11.6 Å². The minimum Gasteiger partial charge on any atom is -0.478 e. The monoisotopic (exact) mass is 434 g/mol. The third kappa shape index (κ3) is 3.98. The van der Waals surface area contributed by atoms with Crippen LogP contribution in [0, 0.1) is 6.92 Å². The van der Waals surface area contributed by atoms with Gasteiger partial charge in [-0.05, 0) is 78.8 Å². The van der Waals surface area contributed by atoms with Crippen molar-refractivity contribution in [2.75, 3.05) is 13.2 Å². The normalized spacial score (nSPS) is 25.1. The predicted octanol–water partition coefficient (Wildman–Crippen LogP) is 6.43. The zero-order valence-electron chi connectivity index (χ0n) is 17.8. The Kier molecular flexibility index (Phi) is 4.79. The average molecular weight is 435 g/mol. The second-order valence-corrected chi connectivity index (χ2v) is 9.77. The summed E-state index contributed by atoms with van der Waals surface area (Å²) in [5, 5.41) is 0.801. The van der Waals surface area contributed by atoms with Crippen molar-refractivity contribution in [3.8, 4) is 0 Å². The molecule has 160 valence electrons. The Hall–Kier alpha value is -2.33. The number of nitrogens with zero attached hydrogens (tertiary/aromatic N) is 2. The highest BCUT2D eigenvalue weighted by atomic mass is 35.5. The minimum absolute atomic E-state index is 0.0410. The molecule has 31 heavy (non-hydrogen) atoms.